The molecule has 0 spiro atoms. The number of nitrogen functional groups attached to an aromatic ring is 1. The smallest absolute Gasteiger partial charge is 0.145 e. The maximum absolute atomic E-state index is 8.78. The molecule has 3 N–H and O–H groups in total. The SMILES string of the molecule is N#CCCN(c1cc(NN)nc(C2CC2)n1)C1CC1. The van der Waals surface area contributed by atoms with Gasteiger partial charge in [0, 0.05) is 24.6 Å². The van der Waals surface area contributed by atoms with Crippen molar-refractivity contribution in [1.29, 1.82) is 5.26 Å². The van der Waals surface area contributed by atoms with Crippen LogP contribution in [0.2, 0.25) is 0 Å². The number of anilines is 2. The third kappa shape index (κ3) is 2.76. The number of nitrogens with one attached hydrogen (secondary N) is 1. The van der Waals surface area contributed by atoms with Crippen LogP contribution in [0.3, 0.4) is 0 Å². The number of hydrogen-bond acceptors (Lipinski definition) is 6. The Morgan fingerprint density at radius 1 is 1.37 bits per heavy atom. The Hall–Kier alpha value is -1.87. The number of nitrogens with two attached hydrogens (primary N) is 1. The summed E-state index contributed by atoms with van der Waals surface area (Å²) in [5.74, 6) is 8.43. The first-order valence-electron chi connectivity index (χ1n) is 6.81. The first-order chi connectivity index (χ1) is 9.31. The van der Waals surface area contributed by atoms with Gasteiger partial charge in [-0.2, -0.15) is 5.26 Å². The van der Waals surface area contributed by atoms with Crippen molar-refractivity contribution in [3.63, 3.8) is 0 Å². The fourth-order valence-electron chi connectivity index (χ4n) is 2.24. The maximum Gasteiger partial charge on any atom is 0.145 e. The summed E-state index contributed by atoms with van der Waals surface area (Å²) < 4.78 is 0. The lowest BCUT2D eigenvalue weighted by molar-refractivity contribution is 0.765. The summed E-state index contributed by atoms with van der Waals surface area (Å²) in [7, 11) is 0. The van der Waals surface area contributed by atoms with E-state index in [0.717, 1.165) is 31.0 Å². The summed E-state index contributed by atoms with van der Waals surface area (Å²) in [6.07, 6.45) is 5.20. The largest absolute Gasteiger partial charge is 0.352 e. The zero-order valence-corrected chi connectivity index (χ0v) is 10.8. The number of nitriles is 1. The molecule has 2 fully saturated rings. The van der Waals surface area contributed by atoms with Crippen LogP contribution in [-0.2, 0) is 0 Å². The van der Waals surface area contributed by atoms with E-state index >= 15 is 0 Å². The van der Waals surface area contributed by atoms with Gasteiger partial charge < -0.3 is 10.3 Å². The van der Waals surface area contributed by atoms with Crippen LogP contribution < -0.4 is 16.2 Å². The van der Waals surface area contributed by atoms with Crippen molar-refractivity contribution >= 4 is 11.6 Å². The van der Waals surface area contributed by atoms with Crippen LogP contribution in [0, 0.1) is 11.3 Å². The van der Waals surface area contributed by atoms with Crippen LogP contribution in [0.1, 0.15) is 43.8 Å². The predicted octanol–water partition coefficient (Wildman–Crippen LogP) is 1.52. The second kappa shape index (κ2) is 5.02. The summed E-state index contributed by atoms with van der Waals surface area (Å²) in [6, 6.07) is 4.61. The molecule has 0 amide bonds. The number of hydrazine groups is 1. The van der Waals surface area contributed by atoms with Crippen molar-refractivity contribution in [1.82, 2.24) is 9.97 Å². The van der Waals surface area contributed by atoms with Gasteiger partial charge in [0.15, 0.2) is 0 Å². The standard InChI is InChI=1S/C13H18N6/c14-6-1-7-19(10-4-5-10)12-8-11(18-15)16-13(17-12)9-2-3-9/h8-10H,1-5,7,15H2,(H,16,17,18). The molecular formula is C13H18N6. The molecule has 0 atom stereocenters. The van der Waals surface area contributed by atoms with Crippen LogP contribution in [-0.4, -0.2) is 22.6 Å². The van der Waals surface area contributed by atoms with Crippen molar-refractivity contribution in [2.24, 2.45) is 5.84 Å². The summed E-state index contributed by atoms with van der Waals surface area (Å²) in [5, 5.41) is 8.78. The highest BCUT2D eigenvalue weighted by Gasteiger charge is 2.32. The van der Waals surface area contributed by atoms with Crippen LogP contribution in [0.5, 0.6) is 0 Å². The lowest BCUT2D eigenvalue weighted by Gasteiger charge is -2.23. The summed E-state index contributed by atoms with van der Waals surface area (Å²) in [5.41, 5.74) is 2.62. The van der Waals surface area contributed by atoms with Gasteiger partial charge in [0.2, 0.25) is 0 Å². The van der Waals surface area contributed by atoms with Crippen molar-refractivity contribution in [2.75, 3.05) is 16.9 Å². The van der Waals surface area contributed by atoms with Gasteiger partial charge in [-0.15, -0.1) is 0 Å². The summed E-state index contributed by atoms with van der Waals surface area (Å²) in [6.45, 7) is 0.728. The van der Waals surface area contributed by atoms with E-state index in [4.69, 9.17) is 11.1 Å². The third-order valence-corrected chi connectivity index (χ3v) is 3.57. The Kier molecular flexibility index (Phi) is 3.22. The fourth-order valence-corrected chi connectivity index (χ4v) is 2.24. The minimum atomic E-state index is 0.490. The zero-order valence-electron chi connectivity index (χ0n) is 10.8. The Morgan fingerprint density at radius 2 is 2.16 bits per heavy atom. The van der Waals surface area contributed by atoms with Crippen molar-refractivity contribution in [2.45, 2.75) is 44.1 Å². The van der Waals surface area contributed by atoms with E-state index in [9.17, 15) is 0 Å². The molecule has 0 unspecified atom stereocenters. The molecule has 2 saturated carbocycles. The molecule has 6 heteroatoms. The van der Waals surface area contributed by atoms with Gasteiger partial charge in [-0.1, -0.05) is 0 Å². The average Bonchev–Trinajstić information content (AvgIpc) is 3.30. The first kappa shape index (κ1) is 12.2. The molecule has 100 valence electrons. The summed E-state index contributed by atoms with van der Waals surface area (Å²) in [4.78, 5) is 11.3. The normalized spacial score (nSPS) is 17.9. The van der Waals surface area contributed by atoms with E-state index in [2.05, 4.69) is 26.4 Å². The molecule has 6 nitrogen and oxygen atoms in total. The van der Waals surface area contributed by atoms with Gasteiger partial charge in [0.25, 0.3) is 0 Å². The van der Waals surface area contributed by atoms with E-state index in [1.165, 1.54) is 12.8 Å². The maximum atomic E-state index is 8.78. The van der Waals surface area contributed by atoms with Crippen LogP contribution in [0.15, 0.2) is 6.07 Å². The first-order valence-corrected chi connectivity index (χ1v) is 6.81. The molecule has 0 aromatic carbocycles. The number of aromatic nitrogens is 2. The fraction of sp³-hybridized carbons (Fsp3) is 0.615. The second-order valence-electron chi connectivity index (χ2n) is 5.22. The van der Waals surface area contributed by atoms with Crippen molar-refractivity contribution < 1.29 is 0 Å². The Labute approximate surface area is 112 Å². The van der Waals surface area contributed by atoms with Gasteiger partial charge in [-0.05, 0) is 25.7 Å². The molecule has 0 bridgehead atoms. The molecule has 1 aromatic heterocycles. The van der Waals surface area contributed by atoms with Gasteiger partial charge >= 0.3 is 0 Å². The molecule has 0 aliphatic heterocycles. The van der Waals surface area contributed by atoms with E-state index < -0.39 is 0 Å². The second-order valence-corrected chi connectivity index (χ2v) is 5.22. The molecule has 0 saturated heterocycles. The van der Waals surface area contributed by atoms with Gasteiger partial charge in [-0.25, -0.2) is 15.8 Å². The van der Waals surface area contributed by atoms with Gasteiger partial charge in [0.1, 0.15) is 17.5 Å². The lowest BCUT2D eigenvalue weighted by atomic mass is 10.3. The van der Waals surface area contributed by atoms with E-state index in [-0.39, 0.29) is 0 Å². The Bertz CT molecular complexity index is 500. The molecular weight excluding hydrogens is 240 g/mol. The number of hydrogen-bond donors (Lipinski definition) is 2. The van der Waals surface area contributed by atoms with Gasteiger partial charge in [-0.3, -0.25) is 0 Å². The molecule has 1 heterocycles. The topological polar surface area (TPSA) is 90.9 Å². The predicted molar refractivity (Wildman–Crippen MR) is 72.4 cm³/mol. The molecule has 19 heavy (non-hydrogen) atoms. The van der Waals surface area contributed by atoms with Gasteiger partial charge in [0.05, 0.1) is 12.5 Å². The number of nitrogens with zero attached hydrogens (tertiary/aromatic N) is 4. The molecule has 2 aliphatic carbocycles. The van der Waals surface area contributed by atoms with Crippen LogP contribution >= 0.6 is 0 Å². The van der Waals surface area contributed by atoms with E-state index in [0.29, 0.717) is 24.2 Å². The average molecular weight is 258 g/mol. The minimum Gasteiger partial charge on any atom is -0.352 e. The zero-order chi connectivity index (χ0) is 13.2. The minimum absolute atomic E-state index is 0.490. The monoisotopic (exact) mass is 258 g/mol. The third-order valence-electron chi connectivity index (χ3n) is 3.57. The van der Waals surface area contributed by atoms with Crippen molar-refractivity contribution in [3.8, 4) is 6.07 Å². The van der Waals surface area contributed by atoms with Crippen LogP contribution in [0.4, 0.5) is 11.6 Å². The Morgan fingerprint density at radius 3 is 2.74 bits per heavy atom. The van der Waals surface area contributed by atoms with E-state index in [1.807, 2.05) is 6.07 Å². The molecule has 1 aromatic rings. The highest BCUT2D eigenvalue weighted by Crippen LogP contribution is 2.40. The quantitative estimate of drug-likeness (QED) is 0.594. The molecule has 0 radical (unpaired) electrons. The highest BCUT2D eigenvalue weighted by atomic mass is 15.3. The van der Waals surface area contributed by atoms with Crippen LogP contribution in [0.25, 0.3) is 0 Å². The van der Waals surface area contributed by atoms with E-state index in [1.54, 1.807) is 0 Å². The van der Waals surface area contributed by atoms with Crippen molar-refractivity contribution in [3.05, 3.63) is 11.9 Å². The highest BCUT2D eigenvalue weighted by molar-refractivity contribution is 5.51. The summed E-state index contributed by atoms with van der Waals surface area (Å²) >= 11 is 0. The Balaban J connectivity index is 1.87. The molecule has 3 rings (SSSR count). The number of rotatable bonds is 6. The lowest BCUT2D eigenvalue weighted by Crippen LogP contribution is -2.28. The molecule has 2 aliphatic rings.